The van der Waals surface area contributed by atoms with Crippen molar-refractivity contribution in [2.45, 2.75) is 19.4 Å². The number of nitrogens with zero attached hydrogens (tertiary/aromatic N) is 6. The largest absolute Gasteiger partial charge is 0.497 e. The van der Waals surface area contributed by atoms with Gasteiger partial charge in [-0.05, 0) is 48.9 Å². The number of benzene rings is 2. The number of imidazole rings is 1. The molecule has 0 atom stereocenters. The summed E-state index contributed by atoms with van der Waals surface area (Å²) in [6, 6.07) is 16.1. The molecule has 1 fully saturated rings. The maximum atomic E-state index is 15.3. The number of rotatable bonds is 7. The van der Waals surface area contributed by atoms with Crippen LogP contribution >= 0.6 is 0 Å². The number of halogens is 1. The third kappa shape index (κ3) is 4.91. The molecule has 4 heterocycles. The van der Waals surface area contributed by atoms with Crippen molar-refractivity contribution in [3.8, 4) is 17.1 Å². The fourth-order valence-electron chi connectivity index (χ4n) is 5.04. The molecule has 1 saturated heterocycles. The monoisotopic (exact) mass is 569 g/mol. The molecule has 6 rings (SSSR count). The molecule has 0 spiro atoms. The zero-order chi connectivity index (χ0) is 29.4. The first kappa shape index (κ1) is 26.9. The third-order valence-electron chi connectivity index (χ3n) is 7.46. The Labute approximate surface area is 240 Å². The first-order valence-corrected chi connectivity index (χ1v) is 13.3. The number of likely N-dealkylation sites (tertiary alicyclic amines) is 1. The lowest BCUT2D eigenvalue weighted by Crippen LogP contribution is -2.49. The summed E-state index contributed by atoms with van der Waals surface area (Å²) in [6.07, 6.45) is 2.82. The van der Waals surface area contributed by atoms with E-state index in [1.165, 1.54) is 19.4 Å². The third-order valence-corrected chi connectivity index (χ3v) is 7.46. The van der Waals surface area contributed by atoms with Crippen LogP contribution in [0.1, 0.15) is 33.4 Å². The van der Waals surface area contributed by atoms with Gasteiger partial charge in [0.25, 0.3) is 5.91 Å². The average molecular weight is 570 g/mol. The highest BCUT2D eigenvalue weighted by atomic mass is 19.1. The van der Waals surface area contributed by atoms with Crippen LogP contribution in [-0.4, -0.2) is 68.4 Å². The summed E-state index contributed by atoms with van der Waals surface area (Å²) < 4.78 is 29.0. The van der Waals surface area contributed by atoms with Crippen LogP contribution < -0.4 is 10.1 Å². The van der Waals surface area contributed by atoms with Gasteiger partial charge in [-0.2, -0.15) is 0 Å². The highest BCUT2D eigenvalue weighted by Gasteiger charge is 2.36. The first-order valence-electron chi connectivity index (χ1n) is 13.3. The second-order valence-corrected chi connectivity index (χ2v) is 10.0. The highest BCUT2D eigenvalue weighted by Crippen LogP contribution is 2.33. The van der Waals surface area contributed by atoms with Crippen molar-refractivity contribution in [2.24, 2.45) is 0 Å². The number of hydrogen-bond acceptors (Lipinski definition) is 7. The molecule has 0 aliphatic carbocycles. The molecule has 0 unspecified atom stereocenters. The number of nitrogens with one attached hydrogen (secondary N) is 1. The van der Waals surface area contributed by atoms with Gasteiger partial charge >= 0.3 is 6.09 Å². The van der Waals surface area contributed by atoms with Gasteiger partial charge in [0.05, 0.1) is 32.9 Å². The van der Waals surface area contributed by atoms with E-state index in [4.69, 9.17) is 9.47 Å². The molecule has 3 aromatic heterocycles. The number of pyridine rings is 1. The average Bonchev–Trinajstić information content (AvgIpc) is 3.59. The van der Waals surface area contributed by atoms with Crippen LogP contribution in [0.2, 0.25) is 0 Å². The lowest BCUT2D eigenvalue weighted by Gasteiger charge is -2.37. The maximum Gasteiger partial charge on any atom is 0.409 e. The predicted octanol–water partition coefficient (Wildman–Crippen LogP) is 4.52. The molecular formula is C30H28FN7O4. The quantitative estimate of drug-likeness (QED) is 0.307. The van der Waals surface area contributed by atoms with Crippen molar-refractivity contribution in [1.29, 1.82) is 0 Å². The SMILES string of the molecule is COC(=O)N1CC(c2nnc(-c3cc(F)c(C)c(NC(=O)c4cnc5ccccn45)c3)n2Cc2ccc(OC)cc2)C1. The Bertz CT molecular complexity index is 1790. The molecule has 1 aliphatic rings. The number of fused-ring (bicyclic) bond motifs is 1. The number of methoxy groups -OCH3 is 2. The zero-order valence-corrected chi connectivity index (χ0v) is 23.2. The summed E-state index contributed by atoms with van der Waals surface area (Å²) in [4.78, 5) is 31.0. The Kier molecular flexibility index (Phi) is 7.03. The molecule has 2 amide bonds. The van der Waals surface area contributed by atoms with Gasteiger partial charge in [-0.25, -0.2) is 14.2 Å². The molecule has 0 saturated carbocycles. The molecule has 12 heteroatoms. The summed E-state index contributed by atoms with van der Waals surface area (Å²) in [7, 11) is 2.95. The molecule has 5 aromatic rings. The Hall–Kier alpha value is -5.26. The fraction of sp³-hybridized carbons (Fsp3) is 0.233. The number of anilines is 1. The highest BCUT2D eigenvalue weighted by molar-refractivity contribution is 6.04. The Morgan fingerprint density at radius 1 is 1.07 bits per heavy atom. The van der Waals surface area contributed by atoms with Crippen LogP contribution in [0.3, 0.4) is 0 Å². The van der Waals surface area contributed by atoms with E-state index in [-0.39, 0.29) is 11.5 Å². The van der Waals surface area contributed by atoms with Crippen molar-refractivity contribution in [3.63, 3.8) is 0 Å². The minimum Gasteiger partial charge on any atom is -0.497 e. The second kappa shape index (κ2) is 11.0. The number of hydrogen-bond donors (Lipinski definition) is 1. The summed E-state index contributed by atoms with van der Waals surface area (Å²) in [5.74, 6) is 0.823. The predicted molar refractivity (Wildman–Crippen MR) is 152 cm³/mol. The topological polar surface area (TPSA) is 116 Å². The molecule has 214 valence electrons. The molecule has 42 heavy (non-hydrogen) atoms. The smallest absolute Gasteiger partial charge is 0.409 e. The van der Waals surface area contributed by atoms with Gasteiger partial charge in [0.1, 0.15) is 28.7 Å². The summed E-state index contributed by atoms with van der Waals surface area (Å²) in [5.41, 5.74) is 2.94. The van der Waals surface area contributed by atoms with E-state index in [2.05, 4.69) is 20.5 Å². The first-order chi connectivity index (χ1) is 20.4. The minimum absolute atomic E-state index is 0.0757. The number of aromatic nitrogens is 5. The lowest BCUT2D eigenvalue weighted by molar-refractivity contribution is 0.0855. The van der Waals surface area contributed by atoms with Crippen LogP contribution in [0.25, 0.3) is 17.0 Å². The van der Waals surface area contributed by atoms with E-state index in [0.717, 1.165) is 11.3 Å². The normalized spacial score (nSPS) is 13.2. The van der Waals surface area contributed by atoms with Crippen molar-refractivity contribution in [3.05, 3.63) is 95.5 Å². The molecule has 1 aliphatic heterocycles. The Morgan fingerprint density at radius 2 is 1.86 bits per heavy atom. The molecule has 2 aromatic carbocycles. The van der Waals surface area contributed by atoms with E-state index in [1.807, 2.05) is 34.9 Å². The molecule has 0 radical (unpaired) electrons. The summed E-state index contributed by atoms with van der Waals surface area (Å²) >= 11 is 0. The van der Waals surface area contributed by atoms with E-state index < -0.39 is 17.8 Å². The van der Waals surface area contributed by atoms with Crippen LogP contribution in [0.4, 0.5) is 14.9 Å². The maximum absolute atomic E-state index is 15.3. The van der Waals surface area contributed by atoms with Crippen molar-refractivity contribution in [1.82, 2.24) is 29.0 Å². The van der Waals surface area contributed by atoms with Crippen molar-refractivity contribution < 1.29 is 23.5 Å². The fourth-order valence-corrected chi connectivity index (χ4v) is 5.04. The van der Waals surface area contributed by atoms with Gasteiger partial charge in [-0.15, -0.1) is 10.2 Å². The minimum atomic E-state index is -0.498. The second-order valence-electron chi connectivity index (χ2n) is 10.0. The zero-order valence-electron chi connectivity index (χ0n) is 23.2. The lowest BCUT2D eigenvalue weighted by atomic mass is 9.99. The van der Waals surface area contributed by atoms with E-state index in [1.54, 1.807) is 47.7 Å². The van der Waals surface area contributed by atoms with Gasteiger partial charge in [0, 0.05) is 36.1 Å². The molecular weight excluding hydrogens is 541 g/mol. The van der Waals surface area contributed by atoms with E-state index >= 15 is 4.39 Å². The Morgan fingerprint density at radius 3 is 2.60 bits per heavy atom. The summed E-state index contributed by atoms with van der Waals surface area (Å²) in [5, 5.41) is 11.8. The number of ether oxygens (including phenoxy) is 2. The van der Waals surface area contributed by atoms with Gasteiger partial charge < -0.3 is 24.3 Å². The van der Waals surface area contributed by atoms with E-state index in [0.29, 0.717) is 53.9 Å². The number of amides is 2. The summed E-state index contributed by atoms with van der Waals surface area (Å²) in [6.45, 7) is 2.86. The van der Waals surface area contributed by atoms with Gasteiger partial charge in [0.15, 0.2) is 5.82 Å². The standard InChI is InChI=1S/C30H28FN7O4/c1-18-23(31)12-20(13-24(18)33-29(39)25-14-32-26-6-4-5-11-37(25)26)27-34-35-28(21-16-36(17-21)30(40)42-3)38(27)15-19-7-9-22(41-2)10-8-19/h4-14,21H,15-17H2,1-3H3,(H,33,39). The van der Waals surface area contributed by atoms with Gasteiger partial charge in [-0.1, -0.05) is 18.2 Å². The number of carbonyl (C=O) groups is 2. The van der Waals surface area contributed by atoms with Crippen LogP contribution in [-0.2, 0) is 11.3 Å². The van der Waals surface area contributed by atoms with Crippen molar-refractivity contribution in [2.75, 3.05) is 32.6 Å². The van der Waals surface area contributed by atoms with Gasteiger partial charge in [0.2, 0.25) is 0 Å². The molecule has 0 bridgehead atoms. The van der Waals surface area contributed by atoms with Crippen molar-refractivity contribution >= 4 is 23.3 Å². The van der Waals surface area contributed by atoms with Crippen LogP contribution in [0, 0.1) is 12.7 Å². The van der Waals surface area contributed by atoms with Crippen LogP contribution in [0.5, 0.6) is 5.75 Å². The Balaban J connectivity index is 1.36. The van der Waals surface area contributed by atoms with Crippen LogP contribution in [0.15, 0.2) is 67.0 Å². The van der Waals surface area contributed by atoms with E-state index in [9.17, 15) is 9.59 Å². The van der Waals surface area contributed by atoms with Gasteiger partial charge in [-0.3, -0.25) is 9.20 Å². The number of carbonyl (C=O) groups excluding carboxylic acids is 2. The molecule has 1 N–H and O–H groups in total. The molecule has 11 nitrogen and oxygen atoms in total.